The van der Waals surface area contributed by atoms with Crippen LogP contribution in [0.15, 0.2) is 11.4 Å². The maximum atomic E-state index is 10.6. The first-order valence-electron chi connectivity index (χ1n) is 5.66. The van der Waals surface area contributed by atoms with Crippen LogP contribution in [0, 0.1) is 0 Å². The van der Waals surface area contributed by atoms with Crippen LogP contribution in [-0.2, 0) is 0 Å². The van der Waals surface area contributed by atoms with Crippen LogP contribution >= 0.6 is 11.3 Å². The van der Waals surface area contributed by atoms with Gasteiger partial charge in [0.25, 0.3) is 0 Å². The first-order chi connectivity index (χ1) is 7.70. The van der Waals surface area contributed by atoms with E-state index in [4.69, 9.17) is 0 Å². The molecule has 0 unspecified atom stereocenters. The molecule has 0 N–H and O–H groups in total. The molecule has 1 aliphatic heterocycles. The zero-order valence-corrected chi connectivity index (χ0v) is 10.7. The third kappa shape index (κ3) is 2.44. The molecule has 0 aromatic carbocycles. The Morgan fingerprint density at radius 2 is 2.12 bits per heavy atom. The van der Waals surface area contributed by atoms with Crippen LogP contribution in [0.25, 0.3) is 0 Å². The number of anilines is 1. The number of thiophene rings is 1. The average molecular weight is 238 g/mol. The van der Waals surface area contributed by atoms with Crippen LogP contribution in [0.5, 0.6) is 0 Å². The minimum Gasteiger partial charge on any atom is -0.371 e. The summed E-state index contributed by atoms with van der Waals surface area (Å²) in [5.74, 6) is 0. The van der Waals surface area contributed by atoms with Gasteiger partial charge in [-0.05, 0) is 33.0 Å². The van der Waals surface area contributed by atoms with Crippen LogP contribution in [0.4, 0.5) is 5.69 Å². The molecule has 1 saturated heterocycles. The van der Waals surface area contributed by atoms with Crippen LogP contribution in [0.3, 0.4) is 0 Å². The quantitative estimate of drug-likeness (QED) is 0.753. The molecule has 0 bridgehead atoms. The predicted octanol–water partition coefficient (Wildman–Crippen LogP) is 2.09. The van der Waals surface area contributed by atoms with Gasteiger partial charge in [0.1, 0.15) is 0 Å². The molecule has 1 fully saturated rings. The lowest BCUT2D eigenvalue weighted by Crippen LogP contribution is -2.41. The molecule has 3 nitrogen and oxygen atoms in total. The van der Waals surface area contributed by atoms with Crippen molar-refractivity contribution >= 4 is 23.3 Å². The van der Waals surface area contributed by atoms with Crippen LogP contribution in [0.1, 0.15) is 22.5 Å². The van der Waals surface area contributed by atoms with Crippen LogP contribution in [0.2, 0.25) is 0 Å². The molecule has 88 valence electrons. The van der Waals surface area contributed by atoms with E-state index in [1.54, 1.807) is 0 Å². The summed E-state index contributed by atoms with van der Waals surface area (Å²) in [6.45, 7) is 2.19. The second-order valence-electron chi connectivity index (χ2n) is 4.51. The molecular weight excluding hydrogens is 220 g/mol. The number of hydrogen-bond acceptors (Lipinski definition) is 4. The monoisotopic (exact) mass is 238 g/mol. The summed E-state index contributed by atoms with van der Waals surface area (Å²) in [5, 5.41) is 2.08. The Hall–Kier alpha value is -0.870. The van der Waals surface area contributed by atoms with Crippen molar-refractivity contribution in [1.82, 2.24) is 4.90 Å². The van der Waals surface area contributed by atoms with Gasteiger partial charge in [0.2, 0.25) is 0 Å². The van der Waals surface area contributed by atoms with E-state index in [1.807, 2.05) is 6.07 Å². The molecule has 0 radical (unpaired) electrons. The van der Waals surface area contributed by atoms with Gasteiger partial charge >= 0.3 is 0 Å². The van der Waals surface area contributed by atoms with Gasteiger partial charge in [-0.15, -0.1) is 11.3 Å². The smallest absolute Gasteiger partial charge is 0.160 e. The minimum absolute atomic E-state index is 0.709. The predicted molar refractivity (Wildman–Crippen MR) is 68.6 cm³/mol. The van der Waals surface area contributed by atoms with E-state index >= 15 is 0 Å². The van der Waals surface area contributed by atoms with Gasteiger partial charge in [0, 0.05) is 30.2 Å². The summed E-state index contributed by atoms with van der Waals surface area (Å²) in [7, 11) is 4.30. The van der Waals surface area contributed by atoms with Crippen LogP contribution < -0.4 is 4.90 Å². The zero-order chi connectivity index (χ0) is 11.5. The summed E-state index contributed by atoms with van der Waals surface area (Å²) in [6, 6.07) is 2.70. The summed E-state index contributed by atoms with van der Waals surface area (Å²) >= 11 is 1.53. The lowest BCUT2D eigenvalue weighted by Gasteiger charge is -2.35. The zero-order valence-electron chi connectivity index (χ0n) is 9.85. The molecule has 0 amide bonds. The van der Waals surface area contributed by atoms with Gasteiger partial charge < -0.3 is 9.80 Å². The Balaban J connectivity index is 1.96. The number of hydrogen-bond donors (Lipinski definition) is 0. The third-order valence-electron chi connectivity index (χ3n) is 3.28. The van der Waals surface area contributed by atoms with Crippen molar-refractivity contribution in [1.29, 1.82) is 0 Å². The minimum atomic E-state index is 0.709. The van der Waals surface area contributed by atoms with Gasteiger partial charge in [-0.1, -0.05) is 0 Å². The van der Waals surface area contributed by atoms with Gasteiger partial charge in [0.15, 0.2) is 6.29 Å². The van der Waals surface area contributed by atoms with E-state index < -0.39 is 0 Å². The molecule has 1 aromatic heterocycles. The summed E-state index contributed by atoms with van der Waals surface area (Å²) < 4.78 is 0. The highest BCUT2D eigenvalue weighted by Gasteiger charge is 2.21. The van der Waals surface area contributed by atoms with Crippen molar-refractivity contribution in [2.75, 3.05) is 32.1 Å². The molecule has 0 atom stereocenters. The van der Waals surface area contributed by atoms with Crippen molar-refractivity contribution < 1.29 is 4.79 Å². The second-order valence-corrected chi connectivity index (χ2v) is 5.45. The number of rotatable bonds is 3. The van der Waals surface area contributed by atoms with E-state index in [0.29, 0.717) is 6.04 Å². The van der Waals surface area contributed by atoms with E-state index in [-0.39, 0.29) is 0 Å². The molecular formula is C12H18N2OS. The SMILES string of the molecule is CN(C)C1CCN(c2csc(C=O)c2)CC1. The molecule has 4 heteroatoms. The highest BCUT2D eigenvalue weighted by molar-refractivity contribution is 7.12. The molecule has 2 rings (SSSR count). The van der Waals surface area contributed by atoms with Gasteiger partial charge in [-0.3, -0.25) is 4.79 Å². The van der Waals surface area contributed by atoms with Crippen molar-refractivity contribution in [2.45, 2.75) is 18.9 Å². The second kappa shape index (κ2) is 4.97. The number of nitrogens with zero attached hydrogens (tertiary/aromatic N) is 2. The van der Waals surface area contributed by atoms with E-state index in [9.17, 15) is 4.79 Å². The van der Waals surface area contributed by atoms with Gasteiger partial charge in [0.05, 0.1) is 4.88 Å². The van der Waals surface area contributed by atoms with E-state index in [0.717, 1.165) is 24.3 Å². The Bertz CT molecular complexity index is 354. The van der Waals surface area contributed by atoms with Crippen molar-refractivity contribution in [3.8, 4) is 0 Å². The summed E-state index contributed by atoms with van der Waals surface area (Å²) in [4.78, 5) is 16.1. The fourth-order valence-electron chi connectivity index (χ4n) is 2.21. The lowest BCUT2D eigenvalue weighted by atomic mass is 10.0. The lowest BCUT2D eigenvalue weighted by molar-refractivity contribution is 0.112. The molecule has 16 heavy (non-hydrogen) atoms. The first-order valence-corrected chi connectivity index (χ1v) is 6.54. The number of aldehydes is 1. The Morgan fingerprint density at radius 1 is 1.44 bits per heavy atom. The maximum absolute atomic E-state index is 10.6. The third-order valence-corrected chi connectivity index (χ3v) is 4.13. The van der Waals surface area contributed by atoms with Crippen molar-refractivity contribution in [3.05, 3.63) is 16.3 Å². The topological polar surface area (TPSA) is 23.6 Å². The van der Waals surface area contributed by atoms with Gasteiger partial charge in [-0.2, -0.15) is 0 Å². The molecule has 1 aliphatic rings. The molecule has 0 spiro atoms. The fraction of sp³-hybridized carbons (Fsp3) is 0.583. The number of carbonyl (C=O) groups is 1. The van der Waals surface area contributed by atoms with E-state index in [2.05, 4.69) is 29.3 Å². The fourth-order valence-corrected chi connectivity index (χ4v) is 2.93. The standard InChI is InChI=1S/C12H18N2OS/c1-13(2)10-3-5-14(6-4-10)11-7-12(8-15)16-9-11/h7-10H,3-6H2,1-2H3. The van der Waals surface area contributed by atoms with Crippen molar-refractivity contribution in [3.63, 3.8) is 0 Å². The Labute approximate surface area is 101 Å². The maximum Gasteiger partial charge on any atom is 0.160 e. The summed E-state index contributed by atoms with van der Waals surface area (Å²) in [5.41, 5.74) is 1.21. The number of piperidine rings is 1. The molecule has 0 aliphatic carbocycles. The van der Waals surface area contributed by atoms with E-state index in [1.165, 1.54) is 29.9 Å². The van der Waals surface area contributed by atoms with Gasteiger partial charge in [-0.25, -0.2) is 0 Å². The average Bonchev–Trinajstić information content (AvgIpc) is 2.77. The highest BCUT2D eigenvalue weighted by atomic mass is 32.1. The summed E-state index contributed by atoms with van der Waals surface area (Å²) in [6.07, 6.45) is 3.35. The largest absolute Gasteiger partial charge is 0.371 e. The Kier molecular flexibility index (Phi) is 3.61. The normalized spacial score (nSPS) is 18.1. The molecule has 0 saturated carbocycles. The molecule has 2 heterocycles. The first kappa shape index (κ1) is 11.6. The molecule has 1 aromatic rings. The van der Waals surface area contributed by atoms with Crippen LogP contribution in [-0.4, -0.2) is 44.4 Å². The van der Waals surface area contributed by atoms with Crippen molar-refractivity contribution in [2.24, 2.45) is 0 Å². The number of carbonyl (C=O) groups excluding carboxylic acids is 1. The highest BCUT2D eigenvalue weighted by Crippen LogP contribution is 2.25. The Morgan fingerprint density at radius 3 is 2.62 bits per heavy atom.